The maximum Gasteiger partial charge on any atom is -0.0170 e. The minimum atomic E-state index is 0.388. The molecule has 0 nitrogen and oxygen atoms in total. The molecule has 0 aromatic carbocycles. The van der Waals surface area contributed by atoms with Gasteiger partial charge in [0.05, 0.1) is 0 Å². The van der Waals surface area contributed by atoms with Crippen LogP contribution in [0.4, 0.5) is 0 Å². The Kier molecular flexibility index (Phi) is 7.10. The zero-order chi connectivity index (χ0) is 20.6. The van der Waals surface area contributed by atoms with Crippen LogP contribution in [0.1, 0.15) is 122 Å². The smallest absolute Gasteiger partial charge is 0.0170 e. The molecule has 0 heteroatoms. The normalized spacial score (nSPS) is 19.8. The van der Waals surface area contributed by atoms with Gasteiger partial charge in [0.15, 0.2) is 0 Å². The van der Waals surface area contributed by atoms with E-state index in [1.54, 1.807) is 22.3 Å². The third-order valence-corrected chi connectivity index (χ3v) is 6.06. The van der Waals surface area contributed by atoms with E-state index in [9.17, 15) is 0 Å². The highest BCUT2D eigenvalue weighted by Crippen LogP contribution is 2.46. The van der Waals surface area contributed by atoms with Crippen molar-refractivity contribution >= 4 is 0 Å². The fourth-order valence-electron chi connectivity index (χ4n) is 4.80. The lowest BCUT2D eigenvalue weighted by Crippen LogP contribution is -2.16. The first-order chi connectivity index (χ1) is 11.5. The van der Waals surface area contributed by atoms with E-state index in [2.05, 4.69) is 83.1 Å². The second-order valence-electron chi connectivity index (χ2n) is 12.6. The van der Waals surface area contributed by atoms with E-state index in [1.165, 1.54) is 38.5 Å². The van der Waals surface area contributed by atoms with Gasteiger partial charge in [-0.25, -0.2) is 0 Å². The lowest BCUT2D eigenvalue weighted by Gasteiger charge is -2.29. The average molecular weight is 361 g/mol. The molecule has 0 spiro atoms. The monoisotopic (exact) mass is 360 g/mol. The Morgan fingerprint density at radius 3 is 0.615 bits per heavy atom. The Hall–Kier alpha value is -0.520. The van der Waals surface area contributed by atoms with E-state index in [4.69, 9.17) is 0 Å². The summed E-state index contributed by atoms with van der Waals surface area (Å²) in [4.78, 5) is 0. The highest BCUT2D eigenvalue weighted by Gasteiger charge is 2.31. The van der Waals surface area contributed by atoms with Crippen molar-refractivity contribution in [3.63, 3.8) is 0 Å². The van der Waals surface area contributed by atoms with Gasteiger partial charge in [0.1, 0.15) is 0 Å². The number of hydrogen-bond donors (Lipinski definition) is 0. The summed E-state index contributed by atoms with van der Waals surface area (Å²) in [5.74, 6) is 0. The van der Waals surface area contributed by atoms with Crippen molar-refractivity contribution in [2.45, 2.75) is 122 Å². The van der Waals surface area contributed by atoms with Gasteiger partial charge in [-0.05, 0) is 60.2 Å². The highest BCUT2D eigenvalue weighted by molar-refractivity contribution is 5.29. The van der Waals surface area contributed by atoms with Crippen molar-refractivity contribution in [2.24, 2.45) is 21.7 Å². The Bertz CT molecular complexity index is 439. The molecule has 2 aliphatic carbocycles. The van der Waals surface area contributed by atoms with Crippen LogP contribution < -0.4 is 0 Å². The second-order valence-corrected chi connectivity index (χ2v) is 12.6. The highest BCUT2D eigenvalue weighted by atomic mass is 14.4. The summed E-state index contributed by atoms with van der Waals surface area (Å²) < 4.78 is 0. The van der Waals surface area contributed by atoms with Crippen LogP contribution in [0.3, 0.4) is 0 Å². The number of rotatable bonds is 0. The first kappa shape index (κ1) is 23.5. The van der Waals surface area contributed by atoms with E-state index in [0.29, 0.717) is 21.7 Å². The zero-order valence-electron chi connectivity index (χ0n) is 20.2. The van der Waals surface area contributed by atoms with Crippen LogP contribution in [-0.4, -0.2) is 0 Å². The maximum absolute atomic E-state index is 2.35. The summed E-state index contributed by atoms with van der Waals surface area (Å²) in [5.41, 5.74) is 8.44. The van der Waals surface area contributed by atoms with Gasteiger partial charge in [0.25, 0.3) is 0 Å². The standard InChI is InChI=1S/2C13H24/c2*1-12(2,3)10-8-7-9-11(10)13(4,5)6/h2*7-9H2,1-6H3. The third-order valence-electron chi connectivity index (χ3n) is 6.06. The molecule has 0 heterocycles. The Balaban J connectivity index is 0.000000260. The summed E-state index contributed by atoms with van der Waals surface area (Å²) in [6.07, 6.45) is 8.07. The van der Waals surface area contributed by atoms with Gasteiger partial charge in [-0.1, -0.05) is 105 Å². The van der Waals surface area contributed by atoms with Crippen LogP contribution in [0.25, 0.3) is 0 Å². The number of hydrogen-bond acceptors (Lipinski definition) is 0. The molecule has 0 aromatic heterocycles. The molecular formula is C26H48. The molecule has 26 heavy (non-hydrogen) atoms. The number of allylic oxidation sites excluding steroid dienone is 4. The van der Waals surface area contributed by atoms with Gasteiger partial charge in [-0.3, -0.25) is 0 Å². The molecule has 2 aliphatic rings. The average Bonchev–Trinajstić information content (AvgIpc) is 3.06. The summed E-state index contributed by atoms with van der Waals surface area (Å²) in [6.45, 7) is 28.2. The van der Waals surface area contributed by atoms with Crippen LogP contribution in [0.2, 0.25) is 0 Å². The Morgan fingerprint density at radius 2 is 0.500 bits per heavy atom. The van der Waals surface area contributed by atoms with Crippen LogP contribution >= 0.6 is 0 Å². The molecule has 0 aromatic rings. The predicted octanol–water partition coefficient (Wildman–Crippen LogP) is 9.12. The van der Waals surface area contributed by atoms with Gasteiger partial charge in [0, 0.05) is 0 Å². The molecule has 0 fully saturated rings. The molecule has 0 unspecified atom stereocenters. The SMILES string of the molecule is CC(C)(C)C1=C(C(C)(C)C)CCC1.CC(C)(C)C1=C(C(C)(C)C)CCC1. The first-order valence-electron chi connectivity index (χ1n) is 10.9. The van der Waals surface area contributed by atoms with Crippen LogP contribution in [0.5, 0.6) is 0 Å². The van der Waals surface area contributed by atoms with Crippen LogP contribution in [0.15, 0.2) is 22.3 Å². The topological polar surface area (TPSA) is 0 Å². The molecule has 2 rings (SSSR count). The van der Waals surface area contributed by atoms with Crippen molar-refractivity contribution in [3.05, 3.63) is 22.3 Å². The predicted molar refractivity (Wildman–Crippen MR) is 120 cm³/mol. The largest absolute Gasteiger partial charge is 0.0651 e. The van der Waals surface area contributed by atoms with E-state index in [1.807, 2.05) is 0 Å². The molecule has 0 saturated carbocycles. The molecule has 0 bridgehead atoms. The fourth-order valence-corrected chi connectivity index (χ4v) is 4.80. The summed E-state index contributed by atoms with van der Waals surface area (Å²) >= 11 is 0. The van der Waals surface area contributed by atoms with Crippen molar-refractivity contribution in [2.75, 3.05) is 0 Å². The van der Waals surface area contributed by atoms with E-state index < -0.39 is 0 Å². The molecule has 152 valence electrons. The molecule has 0 aliphatic heterocycles. The minimum absolute atomic E-state index is 0.388. The molecule has 0 amide bonds. The lowest BCUT2D eigenvalue weighted by atomic mass is 9.76. The second kappa shape index (κ2) is 7.84. The van der Waals surface area contributed by atoms with E-state index in [-0.39, 0.29) is 0 Å². The molecular weight excluding hydrogens is 312 g/mol. The molecule has 0 N–H and O–H groups in total. The van der Waals surface area contributed by atoms with Crippen LogP contribution in [-0.2, 0) is 0 Å². The minimum Gasteiger partial charge on any atom is -0.0651 e. The Labute approximate surface area is 165 Å². The first-order valence-corrected chi connectivity index (χ1v) is 10.9. The fraction of sp³-hybridized carbons (Fsp3) is 0.846. The third kappa shape index (κ3) is 6.28. The van der Waals surface area contributed by atoms with E-state index in [0.717, 1.165) is 0 Å². The zero-order valence-corrected chi connectivity index (χ0v) is 20.2. The Morgan fingerprint density at radius 1 is 0.346 bits per heavy atom. The van der Waals surface area contributed by atoms with E-state index >= 15 is 0 Å². The van der Waals surface area contributed by atoms with Gasteiger partial charge in [-0.15, -0.1) is 0 Å². The van der Waals surface area contributed by atoms with Gasteiger partial charge < -0.3 is 0 Å². The van der Waals surface area contributed by atoms with Crippen LogP contribution in [0, 0.1) is 21.7 Å². The molecule has 0 saturated heterocycles. The summed E-state index contributed by atoms with van der Waals surface area (Å²) in [5, 5.41) is 0. The van der Waals surface area contributed by atoms with Gasteiger partial charge >= 0.3 is 0 Å². The summed E-state index contributed by atoms with van der Waals surface area (Å²) in [6, 6.07) is 0. The van der Waals surface area contributed by atoms with Gasteiger partial charge in [-0.2, -0.15) is 0 Å². The molecule has 0 atom stereocenters. The summed E-state index contributed by atoms with van der Waals surface area (Å²) in [7, 11) is 0. The lowest BCUT2D eigenvalue weighted by molar-refractivity contribution is 0.445. The quantitative estimate of drug-likeness (QED) is 0.378. The van der Waals surface area contributed by atoms with Crippen molar-refractivity contribution < 1.29 is 0 Å². The van der Waals surface area contributed by atoms with Crippen molar-refractivity contribution in [1.29, 1.82) is 0 Å². The van der Waals surface area contributed by atoms with Crippen molar-refractivity contribution in [3.8, 4) is 0 Å². The van der Waals surface area contributed by atoms with Gasteiger partial charge in [0.2, 0.25) is 0 Å². The maximum atomic E-state index is 2.35. The van der Waals surface area contributed by atoms with Crippen molar-refractivity contribution in [1.82, 2.24) is 0 Å². The molecule has 0 radical (unpaired) electrons.